The molecule has 3 aliphatic heterocycles. The van der Waals surface area contributed by atoms with Gasteiger partial charge in [0, 0.05) is 53.4 Å². The van der Waals surface area contributed by atoms with Gasteiger partial charge in [0.05, 0.1) is 22.5 Å². The number of hydrogen-bond acceptors (Lipinski definition) is 7. The van der Waals surface area contributed by atoms with E-state index in [-0.39, 0.29) is 37.1 Å². The van der Waals surface area contributed by atoms with E-state index in [4.69, 9.17) is 16.3 Å². The van der Waals surface area contributed by atoms with Crippen molar-refractivity contribution < 1.29 is 19.1 Å². The van der Waals surface area contributed by atoms with Gasteiger partial charge < -0.3 is 9.64 Å². The lowest BCUT2D eigenvalue weighted by molar-refractivity contribution is -0.139. The highest BCUT2D eigenvalue weighted by molar-refractivity contribution is 7.19. The highest BCUT2D eigenvalue weighted by Crippen LogP contribution is 2.44. The Bertz CT molecular complexity index is 1350. The zero-order chi connectivity index (χ0) is 24.1. The molecule has 0 bridgehead atoms. The summed E-state index contributed by atoms with van der Waals surface area (Å²) in [5.41, 5.74) is 2.99. The monoisotopic (exact) mass is 510 g/mol. The van der Waals surface area contributed by atoms with Crippen LogP contribution in [0, 0.1) is 0 Å². The van der Waals surface area contributed by atoms with Crippen molar-refractivity contribution in [2.45, 2.75) is 51.2 Å². The molecule has 1 aromatic carbocycles. The summed E-state index contributed by atoms with van der Waals surface area (Å²) in [5, 5.41) is 0.547. The molecule has 2 saturated heterocycles. The van der Waals surface area contributed by atoms with E-state index in [9.17, 15) is 14.4 Å². The fourth-order valence-corrected chi connectivity index (χ4v) is 6.43. The van der Waals surface area contributed by atoms with E-state index in [2.05, 4.69) is 9.97 Å². The number of carbonyl (C=O) groups excluding carboxylic acids is 3. The lowest BCUT2D eigenvalue weighted by Crippen LogP contribution is -2.43. The molecule has 0 spiro atoms. The first-order chi connectivity index (χ1) is 17.0. The standard InChI is InChI=1S/C25H23ClN4O4S/c26-15-8-14-9-19(25(33)29-6-2-1-3-7-29)34-23(14)17(10-15)22-24-18(27-13-28-22)11-16(35-24)12-30-20(31)4-5-21(30)32/h8,10-11,13,19H,1-7,9,12H2. The van der Waals surface area contributed by atoms with Gasteiger partial charge in [-0.15, -0.1) is 11.3 Å². The zero-order valence-corrected chi connectivity index (χ0v) is 20.5. The van der Waals surface area contributed by atoms with Crippen molar-refractivity contribution in [1.82, 2.24) is 19.8 Å². The van der Waals surface area contributed by atoms with Gasteiger partial charge in [0.2, 0.25) is 11.8 Å². The number of hydrogen-bond donors (Lipinski definition) is 0. The predicted octanol–water partition coefficient (Wildman–Crippen LogP) is 3.98. The van der Waals surface area contributed by atoms with Crippen molar-refractivity contribution in [2.24, 2.45) is 0 Å². The number of halogens is 1. The van der Waals surface area contributed by atoms with E-state index >= 15 is 0 Å². The molecule has 1 atom stereocenters. The molecule has 3 aliphatic rings. The van der Waals surface area contributed by atoms with Crippen molar-refractivity contribution in [2.75, 3.05) is 13.1 Å². The van der Waals surface area contributed by atoms with Crippen molar-refractivity contribution in [3.63, 3.8) is 0 Å². The van der Waals surface area contributed by atoms with Gasteiger partial charge in [0.25, 0.3) is 5.91 Å². The minimum atomic E-state index is -0.566. The SMILES string of the molecule is O=C(C1Cc2cc(Cl)cc(-c3ncnc4cc(CN5C(=O)CCC5=O)sc34)c2O1)N1CCCCC1. The maximum Gasteiger partial charge on any atom is 0.263 e. The lowest BCUT2D eigenvalue weighted by Gasteiger charge is -2.28. The quantitative estimate of drug-likeness (QED) is 0.493. The normalized spacial score (nSPS) is 20.0. The van der Waals surface area contributed by atoms with Crippen LogP contribution in [0.5, 0.6) is 5.75 Å². The van der Waals surface area contributed by atoms with Crippen molar-refractivity contribution in [3.05, 3.63) is 40.0 Å². The summed E-state index contributed by atoms with van der Waals surface area (Å²) in [4.78, 5) is 50.3. The Hall–Kier alpha value is -3.04. The highest BCUT2D eigenvalue weighted by Gasteiger charge is 2.35. The van der Waals surface area contributed by atoms with Gasteiger partial charge >= 0.3 is 0 Å². The van der Waals surface area contributed by atoms with Gasteiger partial charge in [0.1, 0.15) is 12.1 Å². The third kappa shape index (κ3) is 4.06. The molecule has 0 N–H and O–H groups in total. The summed E-state index contributed by atoms with van der Waals surface area (Å²) in [6, 6.07) is 5.55. The van der Waals surface area contributed by atoms with Gasteiger partial charge in [-0.25, -0.2) is 9.97 Å². The summed E-state index contributed by atoms with van der Waals surface area (Å²) in [5.74, 6) is 0.354. The van der Waals surface area contributed by atoms with E-state index < -0.39 is 6.10 Å². The molecule has 180 valence electrons. The van der Waals surface area contributed by atoms with Crippen LogP contribution >= 0.6 is 22.9 Å². The number of fused-ring (bicyclic) bond motifs is 2. The maximum atomic E-state index is 13.1. The van der Waals surface area contributed by atoms with E-state index in [1.165, 1.54) is 22.6 Å². The molecular formula is C25H23ClN4O4S. The van der Waals surface area contributed by atoms with E-state index in [1.807, 2.05) is 23.1 Å². The van der Waals surface area contributed by atoms with Crippen molar-refractivity contribution >= 4 is 50.9 Å². The summed E-state index contributed by atoms with van der Waals surface area (Å²) < 4.78 is 7.07. The molecule has 10 heteroatoms. The Morgan fingerprint density at radius 1 is 1.09 bits per heavy atom. The van der Waals surface area contributed by atoms with Gasteiger partial charge in [-0.2, -0.15) is 0 Å². The van der Waals surface area contributed by atoms with Gasteiger partial charge in [0.15, 0.2) is 6.10 Å². The fraction of sp³-hybridized carbons (Fsp3) is 0.400. The molecule has 3 aromatic rings. The van der Waals surface area contributed by atoms with E-state index in [1.54, 1.807) is 0 Å². The molecule has 6 rings (SSSR count). The largest absolute Gasteiger partial charge is 0.479 e. The van der Waals surface area contributed by atoms with Crippen LogP contribution in [0.3, 0.4) is 0 Å². The molecule has 1 unspecified atom stereocenters. The van der Waals surface area contributed by atoms with Crippen LogP contribution in [-0.2, 0) is 27.3 Å². The molecule has 2 fully saturated rings. The molecule has 0 saturated carbocycles. The molecule has 0 aliphatic carbocycles. The van der Waals surface area contributed by atoms with Gasteiger partial charge in [-0.3, -0.25) is 19.3 Å². The minimum Gasteiger partial charge on any atom is -0.479 e. The first-order valence-electron chi connectivity index (χ1n) is 11.8. The first-order valence-corrected chi connectivity index (χ1v) is 13.0. The summed E-state index contributed by atoms with van der Waals surface area (Å²) in [7, 11) is 0. The number of carbonyl (C=O) groups is 3. The van der Waals surface area contributed by atoms with E-state index in [0.29, 0.717) is 22.9 Å². The van der Waals surface area contributed by atoms with Gasteiger partial charge in [-0.1, -0.05) is 11.6 Å². The van der Waals surface area contributed by atoms with E-state index in [0.717, 1.165) is 58.6 Å². The van der Waals surface area contributed by atoms with Crippen molar-refractivity contribution in [3.8, 4) is 17.0 Å². The predicted molar refractivity (Wildman–Crippen MR) is 131 cm³/mol. The number of thiophene rings is 1. The molecule has 3 amide bonds. The number of imide groups is 1. The average molecular weight is 511 g/mol. The molecular weight excluding hydrogens is 488 g/mol. The Morgan fingerprint density at radius 2 is 1.86 bits per heavy atom. The van der Waals surface area contributed by atoms with Crippen LogP contribution in [0.25, 0.3) is 21.5 Å². The van der Waals surface area contributed by atoms with Crippen LogP contribution in [-0.4, -0.2) is 56.7 Å². The van der Waals surface area contributed by atoms with Crippen molar-refractivity contribution in [1.29, 1.82) is 0 Å². The highest BCUT2D eigenvalue weighted by atomic mass is 35.5. The Morgan fingerprint density at radius 3 is 2.63 bits per heavy atom. The number of benzene rings is 1. The van der Waals surface area contributed by atoms with Crippen LogP contribution in [0.15, 0.2) is 24.5 Å². The van der Waals surface area contributed by atoms with Crippen LogP contribution < -0.4 is 4.74 Å². The summed E-state index contributed by atoms with van der Waals surface area (Å²) >= 11 is 7.93. The Balaban J connectivity index is 1.34. The number of likely N-dealkylation sites (tertiary alicyclic amines) is 2. The molecule has 5 heterocycles. The van der Waals surface area contributed by atoms with Crippen LogP contribution in [0.2, 0.25) is 5.02 Å². The number of rotatable bonds is 4. The molecule has 8 nitrogen and oxygen atoms in total. The smallest absolute Gasteiger partial charge is 0.263 e. The molecule has 0 radical (unpaired) electrons. The topological polar surface area (TPSA) is 92.7 Å². The van der Waals surface area contributed by atoms with Crippen LogP contribution in [0.1, 0.15) is 42.5 Å². The number of nitrogens with zero attached hydrogens (tertiary/aromatic N) is 4. The average Bonchev–Trinajstić information content (AvgIpc) is 3.56. The summed E-state index contributed by atoms with van der Waals surface area (Å²) in [6.45, 7) is 1.78. The third-order valence-electron chi connectivity index (χ3n) is 6.83. The lowest BCUT2D eigenvalue weighted by atomic mass is 10.0. The second-order valence-corrected chi connectivity index (χ2v) is 10.7. The first kappa shape index (κ1) is 22.4. The molecule has 2 aromatic heterocycles. The maximum absolute atomic E-state index is 13.1. The Kier molecular flexibility index (Phi) is 5.69. The minimum absolute atomic E-state index is 0.0224. The van der Waals surface area contributed by atoms with Crippen LogP contribution in [0.4, 0.5) is 0 Å². The number of ether oxygens (including phenoxy) is 1. The second-order valence-electron chi connectivity index (χ2n) is 9.16. The van der Waals surface area contributed by atoms with Gasteiger partial charge in [-0.05, 0) is 37.5 Å². The third-order valence-corrected chi connectivity index (χ3v) is 8.16. The molecule has 35 heavy (non-hydrogen) atoms. The number of aromatic nitrogens is 2. The number of piperidine rings is 1. The zero-order valence-electron chi connectivity index (χ0n) is 19.0. The Labute approximate surface area is 210 Å². The summed E-state index contributed by atoms with van der Waals surface area (Å²) in [6.07, 6.45) is 5.12. The number of amides is 3. The second kappa shape index (κ2) is 8.87. The fourth-order valence-electron chi connectivity index (χ4n) is 5.08.